The van der Waals surface area contributed by atoms with Gasteiger partial charge in [-0.05, 0) is 30.7 Å². The van der Waals surface area contributed by atoms with E-state index in [9.17, 15) is 0 Å². The van der Waals surface area contributed by atoms with Gasteiger partial charge in [0.1, 0.15) is 5.75 Å². The van der Waals surface area contributed by atoms with Crippen molar-refractivity contribution in [2.24, 2.45) is 5.73 Å². The number of nitrogens with zero attached hydrogens (tertiary/aromatic N) is 2. The molecule has 0 bridgehead atoms. The Kier molecular flexibility index (Phi) is 4.30. The molecule has 1 heterocycles. The van der Waals surface area contributed by atoms with Crippen molar-refractivity contribution in [2.75, 3.05) is 13.7 Å². The molecule has 0 spiro atoms. The van der Waals surface area contributed by atoms with Gasteiger partial charge in [0.25, 0.3) is 0 Å². The number of rotatable bonds is 6. The van der Waals surface area contributed by atoms with E-state index in [1.165, 1.54) is 0 Å². The predicted molar refractivity (Wildman–Crippen MR) is 67.5 cm³/mol. The van der Waals surface area contributed by atoms with E-state index >= 15 is 0 Å². The molecule has 0 unspecified atom stereocenters. The highest BCUT2D eigenvalue weighted by molar-refractivity contribution is 5.29. The summed E-state index contributed by atoms with van der Waals surface area (Å²) >= 11 is 0. The van der Waals surface area contributed by atoms with Gasteiger partial charge in [-0.15, -0.1) is 0 Å². The van der Waals surface area contributed by atoms with E-state index in [2.05, 4.69) is 10.1 Å². The zero-order valence-electron chi connectivity index (χ0n) is 10.4. The van der Waals surface area contributed by atoms with Crippen LogP contribution in [0.1, 0.15) is 23.7 Å². The van der Waals surface area contributed by atoms with Crippen LogP contribution in [0.15, 0.2) is 28.8 Å². The molecule has 1 aromatic carbocycles. The molecule has 0 amide bonds. The zero-order chi connectivity index (χ0) is 12.8. The molecule has 96 valence electrons. The number of ether oxygens (including phenoxy) is 1. The Morgan fingerprint density at radius 1 is 1.39 bits per heavy atom. The van der Waals surface area contributed by atoms with Crippen molar-refractivity contribution < 1.29 is 9.26 Å². The van der Waals surface area contributed by atoms with E-state index in [0.29, 0.717) is 24.7 Å². The van der Waals surface area contributed by atoms with Gasteiger partial charge in [0.2, 0.25) is 5.89 Å². The normalized spacial score (nSPS) is 10.6. The second-order valence-electron chi connectivity index (χ2n) is 4.02. The fourth-order valence-electron chi connectivity index (χ4n) is 1.68. The summed E-state index contributed by atoms with van der Waals surface area (Å²) in [6, 6.07) is 7.84. The predicted octanol–water partition coefficient (Wildman–Crippen LogP) is 1.56. The van der Waals surface area contributed by atoms with Crippen LogP contribution in [0.5, 0.6) is 5.75 Å². The first-order valence-electron chi connectivity index (χ1n) is 5.96. The van der Waals surface area contributed by atoms with Gasteiger partial charge in [-0.2, -0.15) is 4.98 Å². The second kappa shape index (κ2) is 6.16. The fourth-order valence-corrected chi connectivity index (χ4v) is 1.68. The number of nitrogens with two attached hydrogens (primary N) is 1. The average molecular weight is 247 g/mol. The number of benzene rings is 1. The summed E-state index contributed by atoms with van der Waals surface area (Å²) in [7, 11) is 1.65. The second-order valence-corrected chi connectivity index (χ2v) is 4.02. The van der Waals surface area contributed by atoms with Gasteiger partial charge in [0, 0.05) is 12.8 Å². The highest BCUT2D eigenvalue weighted by atomic mass is 16.5. The minimum atomic E-state index is 0.633. The SMILES string of the molecule is COc1cccc(Cc2noc(CCCN)n2)c1. The molecule has 2 aromatic rings. The molecular weight excluding hydrogens is 230 g/mol. The third kappa shape index (κ3) is 3.30. The Balaban J connectivity index is 2.01. The maximum absolute atomic E-state index is 5.43. The summed E-state index contributed by atoms with van der Waals surface area (Å²) < 4.78 is 10.3. The zero-order valence-corrected chi connectivity index (χ0v) is 10.4. The third-order valence-corrected chi connectivity index (χ3v) is 2.60. The highest BCUT2D eigenvalue weighted by Gasteiger charge is 2.07. The van der Waals surface area contributed by atoms with Crippen LogP contribution in [-0.2, 0) is 12.8 Å². The Bertz CT molecular complexity index is 496. The largest absolute Gasteiger partial charge is 0.497 e. The summed E-state index contributed by atoms with van der Waals surface area (Å²) in [4.78, 5) is 4.32. The molecule has 0 aliphatic carbocycles. The van der Waals surface area contributed by atoms with Crippen LogP contribution >= 0.6 is 0 Å². The van der Waals surface area contributed by atoms with Crippen molar-refractivity contribution in [3.63, 3.8) is 0 Å². The Hall–Kier alpha value is -1.88. The molecule has 2 N–H and O–H groups in total. The molecule has 1 aromatic heterocycles. The van der Waals surface area contributed by atoms with Gasteiger partial charge in [0.05, 0.1) is 7.11 Å². The van der Waals surface area contributed by atoms with E-state index in [4.69, 9.17) is 15.0 Å². The first-order chi connectivity index (χ1) is 8.81. The molecular formula is C13H17N3O2. The average Bonchev–Trinajstić information content (AvgIpc) is 2.84. The van der Waals surface area contributed by atoms with Gasteiger partial charge in [-0.1, -0.05) is 17.3 Å². The van der Waals surface area contributed by atoms with E-state index in [0.717, 1.165) is 24.2 Å². The molecule has 5 heteroatoms. The van der Waals surface area contributed by atoms with Crippen LogP contribution < -0.4 is 10.5 Å². The molecule has 0 saturated heterocycles. The van der Waals surface area contributed by atoms with E-state index in [1.807, 2.05) is 24.3 Å². The van der Waals surface area contributed by atoms with Crippen LogP contribution in [-0.4, -0.2) is 23.8 Å². The molecule has 0 radical (unpaired) electrons. The first kappa shape index (κ1) is 12.6. The number of hydrogen-bond donors (Lipinski definition) is 1. The molecule has 0 aliphatic rings. The number of aromatic nitrogens is 2. The minimum Gasteiger partial charge on any atom is -0.497 e. The number of aryl methyl sites for hydroxylation is 1. The number of hydrogen-bond acceptors (Lipinski definition) is 5. The Morgan fingerprint density at radius 3 is 3.06 bits per heavy atom. The topological polar surface area (TPSA) is 74.2 Å². The van der Waals surface area contributed by atoms with Crippen LogP contribution in [0.25, 0.3) is 0 Å². The van der Waals surface area contributed by atoms with Gasteiger partial charge in [-0.3, -0.25) is 0 Å². The van der Waals surface area contributed by atoms with Crippen LogP contribution in [0, 0.1) is 0 Å². The third-order valence-electron chi connectivity index (χ3n) is 2.60. The summed E-state index contributed by atoms with van der Waals surface area (Å²) in [5.41, 5.74) is 6.53. The fraction of sp³-hybridized carbons (Fsp3) is 0.385. The quantitative estimate of drug-likeness (QED) is 0.838. The molecule has 0 atom stereocenters. The Morgan fingerprint density at radius 2 is 2.28 bits per heavy atom. The van der Waals surface area contributed by atoms with E-state index in [1.54, 1.807) is 7.11 Å². The van der Waals surface area contributed by atoms with Crippen molar-refractivity contribution >= 4 is 0 Å². The maximum Gasteiger partial charge on any atom is 0.226 e. The molecule has 2 rings (SSSR count). The van der Waals surface area contributed by atoms with Crippen LogP contribution in [0.4, 0.5) is 0 Å². The molecule has 0 aliphatic heterocycles. The maximum atomic E-state index is 5.43. The van der Waals surface area contributed by atoms with Gasteiger partial charge in [0.15, 0.2) is 5.82 Å². The summed E-state index contributed by atoms with van der Waals surface area (Å²) in [6.07, 6.45) is 2.24. The first-order valence-corrected chi connectivity index (χ1v) is 5.96. The van der Waals surface area contributed by atoms with Gasteiger partial charge in [-0.25, -0.2) is 0 Å². The van der Waals surface area contributed by atoms with E-state index in [-0.39, 0.29) is 0 Å². The lowest BCUT2D eigenvalue weighted by Crippen LogP contribution is -2.00. The van der Waals surface area contributed by atoms with Crippen molar-refractivity contribution in [1.29, 1.82) is 0 Å². The summed E-state index contributed by atoms with van der Waals surface area (Å²) in [5, 5.41) is 3.95. The molecule has 0 fully saturated rings. The van der Waals surface area contributed by atoms with E-state index < -0.39 is 0 Å². The summed E-state index contributed by atoms with van der Waals surface area (Å²) in [6.45, 7) is 0.633. The van der Waals surface area contributed by atoms with Crippen molar-refractivity contribution in [1.82, 2.24) is 10.1 Å². The monoisotopic (exact) mass is 247 g/mol. The van der Waals surface area contributed by atoms with Crippen LogP contribution in [0.2, 0.25) is 0 Å². The highest BCUT2D eigenvalue weighted by Crippen LogP contribution is 2.15. The lowest BCUT2D eigenvalue weighted by Gasteiger charge is -2.01. The lowest BCUT2D eigenvalue weighted by atomic mass is 10.1. The van der Waals surface area contributed by atoms with Gasteiger partial charge < -0.3 is 15.0 Å². The molecule has 18 heavy (non-hydrogen) atoms. The van der Waals surface area contributed by atoms with Crippen molar-refractivity contribution in [3.8, 4) is 5.75 Å². The smallest absolute Gasteiger partial charge is 0.226 e. The molecule has 0 saturated carbocycles. The van der Waals surface area contributed by atoms with Crippen LogP contribution in [0.3, 0.4) is 0 Å². The number of methoxy groups -OCH3 is 1. The van der Waals surface area contributed by atoms with Crippen molar-refractivity contribution in [2.45, 2.75) is 19.3 Å². The standard InChI is InChI=1S/C13H17N3O2/c1-17-11-5-2-4-10(8-11)9-12-15-13(18-16-12)6-3-7-14/h2,4-5,8H,3,6-7,9,14H2,1H3. The molecule has 5 nitrogen and oxygen atoms in total. The van der Waals surface area contributed by atoms with Gasteiger partial charge >= 0.3 is 0 Å². The minimum absolute atomic E-state index is 0.633. The summed E-state index contributed by atoms with van der Waals surface area (Å²) in [5.74, 6) is 2.17. The Labute approximate surface area is 106 Å². The lowest BCUT2D eigenvalue weighted by molar-refractivity contribution is 0.371. The van der Waals surface area contributed by atoms with Crippen molar-refractivity contribution in [3.05, 3.63) is 41.5 Å².